The molecule has 0 radical (unpaired) electrons. The fourth-order valence-electron chi connectivity index (χ4n) is 6.24. The van der Waals surface area contributed by atoms with Crippen LogP contribution < -0.4 is 4.74 Å². The first kappa shape index (κ1) is 36.6. The van der Waals surface area contributed by atoms with Gasteiger partial charge in [0.25, 0.3) is 0 Å². The molecule has 2 aliphatic rings. The number of ether oxygens (including phenoxy) is 2. The van der Waals surface area contributed by atoms with Crippen LogP contribution in [0.2, 0.25) is 0 Å². The van der Waals surface area contributed by atoms with E-state index in [4.69, 9.17) is 9.47 Å². The highest BCUT2D eigenvalue weighted by atomic mass is 16.6. The van der Waals surface area contributed by atoms with E-state index >= 15 is 0 Å². The number of carbonyl (C=O) groups is 2. The second-order valence-electron chi connectivity index (χ2n) is 13.3. The summed E-state index contributed by atoms with van der Waals surface area (Å²) in [7, 11) is 2.10. The van der Waals surface area contributed by atoms with Gasteiger partial charge in [-0.25, -0.2) is 9.78 Å². The number of Topliss-reactive ketones (excluding diaryl/α,β-unsaturated/α-hetero) is 1. The molecule has 3 heterocycles. The van der Waals surface area contributed by atoms with E-state index in [9.17, 15) is 9.59 Å². The van der Waals surface area contributed by atoms with Gasteiger partial charge < -0.3 is 18.9 Å². The van der Waals surface area contributed by atoms with Crippen molar-refractivity contribution in [1.29, 1.82) is 0 Å². The van der Waals surface area contributed by atoms with Crippen molar-refractivity contribution in [2.45, 2.75) is 99.7 Å². The van der Waals surface area contributed by atoms with Gasteiger partial charge in [-0.1, -0.05) is 58.6 Å². The summed E-state index contributed by atoms with van der Waals surface area (Å²) in [6.07, 6.45) is 11.9. The summed E-state index contributed by atoms with van der Waals surface area (Å²) in [6.45, 7) is 23.1. The van der Waals surface area contributed by atoms with Crippen molar-refractivity contribution in [3.63, 3.8) is 0 Å². The molecule has 46 heavy (non-hydrogen) atoms. The maximum absolute atomic E-state index is 11.7. The number of amides is 1. The normalized spacial score (nSPS) is 15.4. The van der Waals surface area contributed by atoms with Gasteiger partial charge in [0.1, 0.15) is 11.4 Å². The first-order valence-electron chi connectivity index (χ1n) is 16.8. The fraction of sp³-hybridized carbons (Fsp3) is 0.513. The van der Waals surface area contributed by atoms with E-state index in [1.54, 1.807) is 11.8 Å². The van der Waals surface area contributed by atoms with Crippen molar-refractivity contribution < 1.29 is 19.1 Å². The van der Waals surface area contributed by atoms with Crippen molar-refractivity contribution in [3.05, 3.63) is 60.4 Å². The topological polar surface area (TPSA) is 73.7 Å². The minimum absolute atomic E-state index is 0.227. The summed E-state index contributed by atoms with van der Waals surface area (Å²) < 4.78 is 13.4. The number of benzene rings is 1. The van der Waals surface area contributed by atoms with Crippen LogP contribution >= 0.6 is 0 Å². The molecule has 1 aliphatic carbocycles. The number of hydrogen-bond donors (Lipinski definition) is 0. The Morgan fingerprint density at radius 3 is 2.22 bits per heavy atom. The standard InChI is InChI=1S/C24H28N2O.C13H21NO3.C2H6/c1-6-10-22-20(9-4)21-13-11-17(15-23(21)26(22)5)18-12-14-24(25-16-18)27-19(7-2)8-3;1-9(15)10-5-13(6-10)7-14(8-13)11(16)17-12(2,3)4;1-2/h6,9-16,19H,4,7-8H2,1-3,5H3;10H,5-8H2,1-4H3;1-2H3/b10-6-;;. The minimum atomic E-state index is -0.429. The van der Waals surface area contributed by atoms with Crippen LogP contribution in [0.3, 0.4) is 0 Å². The monoisotopic (exact) mass is 629 g/mol. The first-order chi connectivity index (χ1) is 21.8. The molecule has 0 N–H and O–H groups in total. The average Bonchev–Trinajstić information content (AvgIpc) is 3.25. The van der Waals surface area contributed by atoms with Gasteiger partial charge in [-0.05, 0) is 84.1 Å². The zero-order chi connectivity index (χ0) is 34.2. The van der Waals surface area contributed by atoms with Crippen molar-refractivity contribution in [2.75, 3.05) is 13.1 Å². The lowest BCUT2D eigenvalue weighted by Crippen LogP contribution is -2.64. The van der Waals surface area contributed by atoms with E-state index in [1.807, 2.05) is 59.9 Å². The molecule has 1 spiro atoms. The molecule has 7 nitrogen and oxygen atoms in total. The van der Waals surface area contributed by atoms with Gasteiger partial charge in [0.2, 0.25) is 5.88 Å². The number of aryl methyl sites for hydroxylation is 1. The SMILES string of the molecule is C=Cc1c(/C=C\C)n(C)c2cc(-c3ccc(OC(CC)CC)nc3)ccc12.CC.CC(=O)C1CC2(C1)CN(C(=O)OC(C)(C)C)C2. The summed E-state index contributed by atoms with van der Waals surface area (Å²) in [4.78, 5) is 29.1. The lowest BCUT2D eigenvalue weighted by Gasteiger charge is -2.58. The van der Waals surface area contributed by atoms with Crippen LogP contribution in [0.1, 0.15) is 99.3 Å². The van der Waals surface area contributed by atoms with Crippen LogP contribution in [0.5, 0.6) is 5.88 Å². The Labute approximate surface area is 276 Å². The van der Waals surface area contributed by atoms with E-state index < -0.39 is 5.60 Å². The molecule has 0 bridgehead atoms. The third-order valence-corrected chi connectivity index (χ3v) is 8.72. The molecule has 1 saturated heterocycles. The van der Waals surface area contributed by atoms with E-state index in [1.165, 1.54) is 22.2 Å². The summed E-state index contributed by atoms with van der Waals surface area (Å²) in [5.74, 6) is 1.21. The number of likely N-dealkylation sites (tertiary alicyclic amines) is 1. The molecular formula is C39H55N3O4. The highest BCUT2D eigenvalue weighted by Gasteiger charge is 2.55. The second kappa shape index (κ2) is 15.6. The predicted octanol–water partition coefficient (Wildman–Crippen LogP) is 9.73. The van der Waals surface area contributed by atoms with E-state index in [-0.39, 0.29) is 29.3 Å². The number of fused-ring (bicyclic) bond motifs is 1. The Morgan fingerprint density at radius 2 is 1.72 bits per heavy atom. The van der Waals surface area contributed by atoms with Crippen LogP contribution in [-0.2, 0) is 16.6 Å². The van der Waals surface area contributed by atoms with Crippen LogP contribution in [-0.4, -0.2) is 51.1 Å². The highest BCUT2D eigenvalue weighted by molar-refractivity contribution is 5.96. The number of hydrogen-bond acceptors (Lipinski definition) is 5. The molecular weight excluding hydrogens is 574 g/mol. The summed E-state index contributed by atoms with van der Waals surface area (Å²) in [6, 6.07) is 10.6. The zero-order valence-electron chi connectivity index (χ0n) is 29.8. The number of allylic oxidation sites excluding steroid dienone is 1. The summed E-state index contributed by atoms with van der Waals surface area (Å²) in [5, 5.41) is 1.21. The Balaban J connectivity index is 0.000000260. The first-order valence-corrected chi connectivity index (χ1v) is 16.8. The molecule has 3 aromatic rings. The Bertz CT molecular complexity index is 1510. The molecule has 1 aliphatic heterocycles. The summed E-state index contributed by atoms with van der Waals surface area (Å²) >= 11 is 0. The van der Waals surface area contributed by atoms with Gasteiger partial charge in [0.15, 0.2) is 0 Å². The molecule has 1 saturated carbocycles. The van der Waals surface area contributed by atoms with Gasteiger partial charge >= 0.3 is 6.09 Å². The second-order valence-corrected chi connectivity index (χ2v) is 13.3. The lowest BCUT2D eigenvalue weighted by atomic mass is 9.57. The molecule has 5 rings (SSSR count). The molecule has 250 valence electrons. The Morgan fingerprint density at radius 1 is 1.09 bits per heavy atom. The van der Waals surface area contributed by atoms with Gasteiger partial charge in [0.05, 0.1) is 6.10 Å². The number of aromatic nitrogens is 2. The number of pyridine rings is 1. The zero-order valence-corrected chi connectivity index (χ0v) is 29.8. The largest absolute Gasteiger partial charge is 0.474 e. The molecule has 7 heteroatoms. The van der Waals surface area contributed by atoms with Crippen LogP contribution in [0.4, 0.5) is 4.79 Å². The molecule has 0 unspecified atom stereocenters. The van der Waals surface area contributed by atoms with Crippen LogP contribution in [0, 0.1) is 11.3 Å². The van der Waals surface area contributed by atoms with Gasteiger partial charge in [-0.2, -0.15) is 0 Å². The molecule has 0 atom stereocenters. The maximum Gasteiger partial charge on any atom is 0.410 e. The third-order valence-electron chi connectivity index (χ3n) is 8.72. The maximum atomic E-state index is 11.7. The molecule has 1 aromatic carbocycles. The number of nitrogens with zero attached hydrogens (tertiary/aromatic N) is 3. The number of carbonyl (C=O) groups excluding carboxylic acids is 2. The van der Waals surface area contributed by atoms with E-state index in [0.717, 1.165) is 49.9 Å². The lowest BCUT2D eigenvalue weighted by molar-refractivity contribution is -0.138. The Hall–Kier alpha value is -3.87. The smallest absolute Gasteiger partial charge is 0.410 e. The van der Waals surface area contributed by atoms with Crippen molar-refractivity contribution in [3.8, 4) is 17.0 Å². The van der Waals surface area contributed by atoms with E-state index in [0.29, 0.717) is 5.88 Å². The predicted molar refractivity (Wildman–Crippen MR) is 191 cm³/mol. The summed E-state index contributed by atoms with van der Waals surface area (Å²) in [5.41, 5.74) is 5.56. The molecule has 1 amide bonds. The van der Waals surface area contributed by atoms with Crippen molar-refractivity contribution in [2.24, 2.45) is 18.4 Å². The third kappa shape index (κ3) is 8.48. The van der Waals surface area contributed by atoms with Crippen molar-refractivity contribution in [1.82, 2.24) is 14.5 Å². The van der Waals surface area contributed by atoms with E-state index in [2.05, 4.69) is 73.4 Å². The Kier molecular flexibility index (Phi) is 12.4. The highest BCUT2D eigenvalue weighted by Crippen LogP contribution is 2.52. The van der Waals surface area contributed by atoms with Crippen molar-refractivity contribution >= 4 is 34.9 Å². The van der Waals surface area contributed by atoms with Gasteiger partial charge in [0, 0.05) is 71.5 Å². The van der Waals surface area contributed by atoms with Gasteiger partial charge in [-0.15, -0.1) is 0 Å². The van der Waals surface area contributed by atoms with Crippen LogP contribution in [0.25, 0.3) is 34.2 Å². The van der Waals surface area contributed by atoms with Gasteiger partial charge in [-0.3, -0.25) is 4.79 Å². The number of ketones is 1. The average molecular weight is 630 g/mol. The minimum Gasteiger partial charge on any atom is -0.474 e. The van der Waals surface area contributed by atoms with Crippen LogP contribution in [0.15, 0.2) is 49.2 Å². The fourth-order valence-corrected chi connectivity index (χ4v) is 6.24. The quantitative estimate of drug-likeness (QED) is 0.248. The number of rotatable bonds is 8. The molecule has 2 fully saturated rings. The molecule has 2 aromatic heterocycles.